The number of halogens is 5. The Hall–Kier alpha value is -1.11. The van der Waals surface area contributed by atoms with E-state index < -0.39 is 29.6 Å². The first-order chi connectivity index (χ1) is 7.99. The van der Waals surface area contributed by atoms with E-state index in [1.54, 1.807) is 0 Å². The fourth-order valence-corrected chi connectivity index (χ4v) is 1.74. The molecule has 0 spiro atoms. The molecule has 2 heterocycles. The van der Waals surface area contributed by atoms with E-state index in [1.165, 1.54) is 4.90 Å². The van der Waals surface area contributed by atoms with Crippen LogP contribution in [0.15, 0.2) is 6.20 Å². The summed E-state index contributed by atoms with van der Waals surface area (Å²) >= 11 is 5.52. The van der Waals surface area contributed by atoms with Crippen LogP contribution in [-0.4, -0.2) is 29.5 Å². The maximum atomic E-state index is 12.3. The van der Waals surface area contributed by atoms with Crippen LogP contribution in [0.4, 0.5) is 23.4 Å². The summed E-state index contributed by atoms with van der Waals surface area (Å²) in [5, 5.41) is -0.391. The van der Waals surface area contributed by atoms with Gasteiger partial charge in [-0.3, -0.25) is 0 Å². The van der Waals surface area contributed by atoms with Crippen molar-refractivity contribution in [3.8, 4) is 0 Å². The maximum Gasteiger partial charge on any atom is 0.283 e. The van der Waals surface area contributed by atoms with Gasteiger partial charge in [0.25, 0.3) is 6.43 Å². The highest BCUT2D eigenvalue weighted by atomic mass is 35.5. The highest BCUT2D eigenvalue weighted by Gasteiger charge is 2.35. The molecule has 0 bridgehead atoms. The van der Waals surface area contributed by atoms with Crippen LogP contribution in [0.1, 0.15) is 12.1 Å². The number of hydrogen-bond acceptors (Lipinski definition) is 3. The van der Waals surface area contributed by atoms with Crippen LogP contribution in [0.5, 0.6) is 0 Å². The molecule has 1 aromatic heterocycles. The van der Waals surface area contributed by atoms with Gasteiger partial charge in [0.1, 0.15) is 11.5 Å². The predicted octanol–water partition coefficient (Wildman–Crippen LogP) is 2.77. The third kappa shape index (κ3) is 2.43. The molecule has 0 amide bonds. The second-order valence-corrected chi connectivity index (χ2v) is 4.06. The lowest BCUT2D eigenvalue weighted by atomic mass is 10.0. The van der Waals surface area contributed by atoms with Crippen LogP contribution in [-0.2, 0) is 0 Å². The van der Waals surface area contributed by atoms with Gasteiger partial charge in [-0.05, 0) is 0 Å². The number of rotatable bonds is 3. The standard InChI is InChI=1S/C9H8ClF4N3/c10-7-6(9(13)14)15-1-5(16-7)17-2-4(3-17)8(11)12/h1,4,8-9H,2-3H2. The zero-order valence-corrected chi connectivity index (χ0v) is 9.21. The first kappa shape index (κ1) is 12.3. The highest BCUT2D eigenvalue weighted by molar-refractivity contribution is 6.30. The van der Waals surface area contributed by atoms with E-state index in [-0.39, 0.29) is 18.9 Å². The number of aromatic nitrogens is 2. The molecule has 0 N–H and O–H groups in total. The van der Waals surface area contributed by atoms with E-state index in [1.807, 2.05) is 0 Å². The average molecular weight is 270 g/mol. The molecule has 1 aliphatic rings. The molecule has 2 rings (SSSR count). The summed E-state index contributed by atoms with van der Waals surface area (Å²) in [6.45, 7) is 0.271. The minimum atomic E-state index is -2.80. The third-order valence-corrected chi connectivity index (χ3v) is 2.82. The quantitative estimate of drug-likeness (QED) is 0.790. The van der Waals surface area contributed by atoms with Gasteiger partial charge in [0.05, 0.1) is 12.1 Å². The molecular formula is C9H8ClF4N3. The lowest BCUT2D eigenvalue weighted by Crippen LogP contribution is -2.50. The Balaban J connectivity index is 2.07. The molecule has 0 saturated carbocycles. The van der Waals surface area contributed by atoms with E-state index >= 15 is 0 Å². The van der Waals surface area contributed by atoms with Crippen molar-refractivity contribution >= 4 is 17.4 Å². The first-order valence-electron chi connectivity index (χ1n) is 4.82. The Morgan fingerprint density at radius 1 is 1.29 bits per heavy atom. The van der Waals surface area contributed by atoms with Gasteiger partial charge in [0.15, 0.2) is 5.15 Å². The van der Waals surface area contributed by atoms with Crippen molar-refractivity contribution in [2.75, 3.05) is 18.0 Å². The number of alkyl halides is 4. The van der Waals surface area contributed by atoms with Crippen molar-refractivity contribution in [2.24, 2.45) is 5.92 Å². The van der Waals surface area contributed by atoms with Crippen LogP contribution in [0, 0.1) is 5.92 Å². The van der Waals surface area contributed by atoms with Crippen molar-refractivity contribution in [1.82, 2.24) is 9.97 Å². The molecular weight excluding hydrogens is 262 g/mol. The second-order valence-electron chi connectivity index (χ2n) is 3.70. The van der Waals surface area contributed by atoms with E-state index in [9.17, 15) is 17.6 Å². The molecule has 0 radical (unpaired) electrons. The first-order valence-corrected chi connectivity index (χ1v) is 5.20. The highest BCUT2D eigenvalue weighted by Crippen LogP contribution is 2.30. The van der Waals surface area contributed by atoms with E-state index in [4.69, 9.17) is 11.6 Å². The van der Waals surface area contributed by atoms with Gasteiger partial charge in [-0.15, -0.1) is 0 Å². The number of nitrogens with zero attached hydrogens (tertiary/aromatic N) is 3. The lowest BCUT2D eigenvalue weighted by Gasteiger charge is -2.39. The van der Waals surface area contributed by atoms with Crippen LogP contribution in [0.3, 0.4) is 0 Å². The van der Waals surface area contributed by atoms with Crippen LogP contribution in [0.25, 0.3) is 0 Å². The SMILES string of the molecule is FC(F)c1ncc(N2CC(C(F)F)C2)nc1Cl. The van der Waals surface area contributed by atoms with Crippen LogP contribution >= 0.6 is 11.6 Å². The Bertz CT molecular complexity index is 409. The minimum absolute atomic E-state index is 0.136. The Morgan fingerprint density at radius 2 is 1.94 bits per heavy atom. The maximum absolute atomic E-state index is 12.3. The number of anilines is 1. The van der Waals surface area contributed by atoms with Gasteiger partial charge in [0.2, 0.25) is 6.43 Å². The van der Waals surface area contributed by atoms with Gasteiger partial charge in [-0.1, -0.05) is 11.6 Å². The largest absolute Gasteiger partial charge is 0.354 e. The summed E-state index contributed by atoms with van der Waals surface area (Å²) < 4.78 is 49.1. The Morgan fingerprint density at radius 3 is 2.41 bits per heavy atom. The Kier molecular flexibility index (Phi) is 3.37. The van der Waals surface area contributed by atoms with Gasteiger partial charge >= 0.3 is 0 Å². The van der Waals surface area contributed by atoms with Crippen molar-refractivity contribution in [2.45, 2.75) is 12.9 Å². The molecule has 17 heavy (non-hydrogen) atoms. The summed E-state index contributed by atoms with van der Waals surface area (Å²) in [4.78, 5) is 8.71. The second kappa shape index (κ2) is 4.64. The molecule has 0 aliphatic carbocycles. The normalized spacial score (nSPS) is 16.8. The zero-order valence-electron chi connectivity index (χ0n) is 8.46. The lowest BCUT2D eigenvalue weighted by molar-refractivity contribution is 0.0611. The zero-order chi connectivity index (χ0) is 12.6. The molecule has 0 atom stereocenters. The van der Waals surface area contributed by atoms with Crippen molar-refractivity contribution in [3.05, 3.63) is 17.0 Å². The molecule has 1 fully saturated rings. The summed E-state index contributed by atoms with van der Waals surface area (Å²) in [5.74, 6) is -0.457. The molecule has 94 valence electrons. The molecule has 3 nitrogen and oxygen atoms in total. The van der Waals surface area contributed by atoms with Gasteiger partial charge in [0, 0.05) is 13.1 Å². The summed E-state index contributed by atoms with van der Waals surface area (Å²) in [7, 11) is 0. The van der Waals surface area contributed by atoms with Crippen molar-refractivity contribution in [3.63, 3.8) is 0 Å². The van der Waals surface area contributed by atoms with E-state index in [0.717, 1.165) is 6.20 Å². The fraction of sp³-hybridized carbons (Fsp3) is 0.556. The summed E-state index contributed by atoms with van der Waals surface area (Å²) in [6.07, 6.45) is -4.06. The van der Waals surface area contributed by atoms with E-state index in [2.05, 4.69) is 9.97 Å². The molecule has 1 aliphatic heterocycles. The topological polar surface area (TPSA) is 29.0 Å². The van der Waals surface area contributed by atoms with Crippen LogP contribution in [0.2, 0.25) is 5.15 Å². The van der Waals surface area contributed by atoms with Gasteiger partial charge < -0.3 is 4.90 Å². The number of hydrogen-bond donors (Lipinski definition) is 0. The summed E-state index contributed by atoms with van der Waals surface area (Å²) in [5.41, 5.74) is -0.596. The van der Waals surface area contributed by atoms with Crippen LogP contribution < -0.4 is 4.90 Å². The smallest absolute Gasteiger partial charge is 0.283 e. The Labute approximate surface area is 99.4 Å². The van der Waals surface area contributed by atoms with Crippen molar-refractivity contribution in [1.29, 1.82) is 0 Å². The molecule has 1 saturated heterocycles. The minimum Gasteiger partial charge on any atom is -0.354 e. The molecule has 1 aromatic rings. The average Bonchev–Trinajstić information content (AvgIpc) is 2.13. The van der Waals surface area contributed by atoms with Gasteiger partial charge in [-0.2, -0.15) is 0 Å². The van der Waals surface area contributed by atoms with Gasteiger partial charge in [-0.25, -0.2) is 27.5 Å². The third-order valence-electron chi connectivity index (χ3n) is 2.54. The van der Waals surface area contributed by atoms with E-state index in [0.29, 0.717) is 0 Å². The monoisotopic (exact) mass is 269 g/mol. The van der Waals surface area contributed by atoms with Crippen molar-refractivity contribution < 1.29 is 17.6 Å². The predicted molar refractivity (Wildman–Crippen MR) is 53.7 cm³/mol. The summed E-state index contributed by atoms with van der Waals surface area (Å²) in [6, 6.07) is 0. The molecule has 8 heteroatoms. The fourth-order valence-electron chi connectivity index (χ4n) is 1.53. The molecule has 0 aromatic carbocycles. The molecule has 0 unspecified atom stereocenters.